The van der Waals surface area contributed by atoms with E-state index >= 15 is 0 Å². The second-order valence-electron chi connectivity index (χ2n) is 6.48. The van der Waals surface area contributed by atoms with E-state index in [0.29, 0.717) is 18.4 Å². The monoisotopic (exact) mass is 268 g/mol. The van der Waals surface area contributed by atoms with Gasteiger partial charge in [0.05, 0.1) is 6.04 Å². The average molecular weight is 268 g/mol. The molecule has 2 rings (SSSR count). The minimum absolute atomic E-state index is 0.0299. The van der Waals surface area contributed by atoms with Crippen molar-refractivity contribution in [3.8, 4) is 0 Å². The lowest BCUT2D eigenvalue weighted by molar-refractivity contribution is -0.124. The lowest BCUT2D eigenvalue weighted by Crippen LogP contribution is -2.52. The molecule has 3 N–H and O–H groups in total. The predicted molar refractivity (Wildman–Crippen MR) is 75.8 cm³/mol. The average Bonchev–Trinajstić information content (AvgIpc) is 2.83. The Bertz CT molecular complexity index is 307. The van der Waals surface area contributed by atoms with Crippen molar-refractivity contribution in [2.45, 2.75) is 76.4 Å². The molecule has 1 amide bonds. The van der Waals surface area contributed by atoms with E-state index in [9.17, 15) is 4.79 Å². The molecule has 4 unspecified atom stereocenters. The number of amides is 1. The number of fused-ring (bicyclic) bond motifs is 1. The number of rotatable bonds is 5. The molecule has 0 aromatic rings. The number of aliphatic hydroxyl groups is 1. The molecule has 2 aliphatic rings. The SMILES string of the molecule is CCC(C)(CCO)NC(=O)C1CC2CCCCC2N1. The summed E-state index contributed by atoms with van der Waals surface area (Å²) >= 11 is 0. The molecule has 4 nitrogen and oxygen atoms in total. The van der Waals surface area contributed by atoms with Crippen LogP contribution in [-0.2, 0) is 4.79 Å². The Kier molecular flexibility index (Phi) is 4.85. The van der Waals surface area contributed by atoms with Crippen molar-refractivity contribution in [1.29, 1.82) is 0 Å². The fourth-order valence-electron chi connectivity index (χ4n) is 3.48. The standard InChI is InChI=1S/C15H28N2O2/c1-3-15(2,8-9-18)17-14(19)13-10-11-6-4-5-7-12(11)16-13/h11-13,16,18H,3-10H2,1-2H3,(H,17,19). The summed E-state index contributed by atoms with van der Waals surface area (Å²) in [7, 11) is 0. The molecule has 0 radical (unpaired) electrons. The van der Waals surface area contributed by atoms with Gasteiger partial charge in [-0.25, -0.2) is 0 Å². The maximum absolute atomic E-state index is 12.4. The van der Waals surface area contributed by atoms with Crippen molar-refractivity contribution in [3.63, 3.8) is 0 Å². The van der Waals surface area contributed by atoms with Crippen molar-refractivity contribution in [2.24, 2.45) is 5.92 Å². The number of hydrogen-bond donors (Lipinski definition) is 3. The molecule has 0 bridgehead atoms. The molecular weight excluding hydrogens is 240 g/mol. The molecule has 1 heterocycles. The fraction of sp³-hybridized carbons (Fsp3) is 0.933. The molecule has 0 aromatic heterocycles. The summed E-state index contributed by atoms with van der Waals surface area (Å²) in [6.07, 6.45) is 7.54. The lowest BCUT2D eigenvalue weighted by Gasteiger charge is -2.30. The Hall–Kier alpha value is -0.610. The van der Waals surface area contributed by atoms with Crippen LogP contribution in [-0.4, -0.2) is 35.2 Å². The highest BCUT2D eigenvalue weighted by Crippen LogP contribution is 2.33. The zero-order chi connectivity index (χ0) is 13.9. The third-order valence-corrected chi connectivity index (χ3v) is 5.05. The summed E-state index contributed by atoms with van der Waals surface area (Å²) in [5.74, 6) is 0.808. The van der Waals surface area contributed by atoms with Crippen molar-refractivity contribution in [1.82, 2.24) is 10.6 Å². The first-order valence-electron chi connectivity index (χ1n) is 7.77. The lowest BCUT2D eigenvalue weighted by atomic mass is 9.85. The van der Waals surface area contributed by atoms with E-state index < -0.39 is 0 Å². The van der Waals surface area contributed by atoms with Gasteiger partial charge in [-0.2, -0.15) is 0 Å². The van der Waals surface area contributed by atoms with Crippen molar-refractivity contribution in [3.05, 3.63) is 0 Å². The topological polar surface area (TPSA) is 61.4 Å². The first-order chi connectivity index (χ1) is 9.08. The van der Waals surface area contributed by atoms with Gasteiger partial charge in [-0.05, 0) is 44.9 Å². The molecule has 1 saturated carbocycles. The molecule has 1 saturated heterocycles. The Labute approximate surface area is 116 Å². The normalized spacial score (nSPS) is 33.5. The summed E-state index contributed by atoms with van der Waals surface area (Å²) < 4.78 is 0. The van der Waals surface area contributed by atoms with Crippen LogP contribution in [0.3, 0.4) is 0 Å². The molecule has 1 aliphatic heterocycles. The largest absolute Gasteiger partial charge is 0.396 e. The van der Waals surface area contributed by atoms with E-state index in [1.165, 1.54) is 25.7 Å². The second kappa shape index (κ2) is 6.23. The van der Waals surface area contributed by atoms with Crippen LogP contribution in [0.15, 0.2) is 0 Å². The van der Waals surface area contributed by atoms with Gasteiger partial charge in [0, 0.05) is 18.2 Å². The van der Waals surface area contributed by atoms with Crippen LogP contribution in [0.5, 0.6) is 0 Å². The van der Waals surface area contributed by atoms with Gasteiger partial charge in [-0.15, -0.1) is 0 Å². The van der Waals surface area contributed by atoms with Gasteiger partial charge < -0.3 is 15.7 Å². The van der Waals surface area contributed by atoms with Gasteiger partial charge in [0.25, 0.3) is 0 Å². The minimum atomic E-state index is -0.277. The maximum Gasteiger partial charge on any atom is 0.237 e. The third kappa shape index (κ3) is 3.48. The van der Waals surface area contributed by atoms with Gasteiger partial charge in [-0.3, -0.25) is 4.79 Å². The van der Waals surface area contributed by atoms with Crippen molar-refractivity contribution in [2.75, 3.05) is 6.61 Å². The van der Waals surface area contributed by atoms with Crippen LogP contribution in [0.25, 0.3) is 0 Å². The fourth-order valence-corrected chi connectivity index (χ4v) is 3.48. The molecule has 4 heteroatoms. The van der Waals surface area contributed by atoms with Crippen LogP contribution in [0, 0.1) is 5.92 Å². The van der Waals surface area contributed by atoms with Gasteiger partial charge in [-0.1, -0.05) is 19.8 Å². The van der Waals surface area contributed by atoms with Gasteiger partial charge in [0.15, 0.2) is 0 Å². The van der Waals surface area contributed by atoms with Crippen LogP contribution >= 0.6 is 0 Å². The number of aliphatic hydroxyl groups excluding tert-OH is 1. The highest BCUT2D eigenvalue weighted by molar-refractivity contribution is 5.82. The second-order valence-corrected chi connectivity index (χ2v) is 6.48. The number of carbonyl (C=O) groups excluding carboxylic acids is 1. The number of carbonyl (C=O) groups is 1. The zero-order valence-corrected chi connectivity index (χ0v) is 12.2. The quantitative estimate of drug-likeness (QED) is 0.709. The number of nitrogens with one attached hydrogen (secondary N) is 2. The molecule has 110 valence electrons. The molecule has 0 spiro atoms. The maximum atomic E-state index is 12.4. The third-order valence-electron chi connectivity index (χ3n) is 5.05. The summed E-state index contributed by atoms with van der Waals surface area (Å²) in [6.45, 7) is 4.19. The van der Waals surface area contributed by atoms with Crippen LogP contribution in [0.4, 0.5) is 0 Å². The zero-order valence-electron chi connectivity index (χ0n) is 12.2. The molecule has 0 aromatic carbocycles. The Morgan fingerprint density at radius 3 is 2.79 bits per heavy atom. The first kappa shape index (κ1) is 14.8. The minimum Gasteiger partial charge on any atom is -0.396 e. The smallest absolute Gasteiger partial charge is 0.237 e. The van der Waals surface area contributed by atoms with Crippen molar-refractivity contribution < 1.29 is 9.90 Å². The van der Waals surface area contributed by atoms with Crippen LogP contribution in [0.2, 0.25) is 0 Å². The highest BCUT2D eigenvalue weighted by atomic mass is 16.3. The molecule has 19 heavy (non-hydrogen) atoms. The Morgan fingerprint density at radius 1 is 1.42 bits per heavy atom. The van der Waals surface area contributed by atoms with Crippen LogP contribution in [0.1, 0.15) is 58.8 Å². The van der Waals surface area contributed by atoms with E-state index in [4.69, 9.17) is 5.11 Å². The highest BCUT2D eigenvalue weighted by Gasteiger charge is 2.39. The van der Waals surface area contributed by atoms with E-state index in [1.807, 2.05) is 6.92 Å². The van der Waals surface area contributed by atoms with Gasteiger partial charge in [0.1, 0.15) is 0 Å². The van der Waals surface area contributed by atoms with Crippen molar-refractivity contribution >= 4 is 5.91 Å². The van der Waals surface area contributed by atoms with Gasteiger partial charge >= 0.3 is 0 Å². The van der Waals surface area contributed by atoms with Crippen LogP contribution < -0.4 is 10.6 Å². The molecule has 4 atom stereocenters. The van der Waals surface area contributed by atoms with E-state index in [2.05, 4.69) is 17.6 Å². The molecule has 2 fully saturated rings. The number of hydrogen-bond acceptors (Lipinski definition) is 3. The molecule has 1 aliphatic carbocycles. The summed E-state index contributed by atoms with van der Waals surface area (Å²) in [6, 6.07) is 0.521. The summed E-state index contributed by atoms with van der Waals surface area (Å²) in [5.41, 5.74) is -0.277. The predicted octanol–water partition coefficient (Wildman–Crippen LogP) is 1.57. The van der Waals surface area contributed by atoms with Gasteiger partial charge in [0.2, 0.25) is 5.91 Å². The van der Waals surface area contributed by atoms with E-state index in [-0.39, 0.29) is 24.1 Å². The molecular formula is C15H28N2O2. The first-order valence-corrected chi connectivity index (χ1v) is 7.77. The van der Waals surface area contributed by atoms with E-state index in [1.54, 1.807) is 0 Å². The Morgan fingerprint density at radius 2 is 2.16 bits per heavy atom. The van der Waals surface area contributed by atoms with E-state index in [0.717, 1.165) is 12.8 Å². The Balaban J connectivity index is 1.90. The summed E-state index contributed by atoms with van der Waals surface area (Å²) in [4.78, 5) is 12.4. The summed E-state index contributed by atoms with van der Waals surface area (Å²) in [5, 5.41) is 15.8.